The Morgan fingerprint density at radius 2 is 1.65 bits per heavy atom. The van der Waals surface area contributed by atoms with Crippen LogP contribution in [0.15, 0.2) is 54.6 Å². The first-order chi connectivity index (χ1) is 9.70. The van der Waals surface area contributed by atoms with E-state index in [1.807, 2.05) is 30.3 Å². The van der Waals surface area contributed by atoms with Crippen LogP contribution >= 0.6 is 0 Å². The third-order valence-corrected chi connectivity index (χ3v) is 3.09. The predicted octanol–water partition coefficient (Wildman–Crippen LogP) is 1.50. The van der Waals surface area contributed by atoms with E-state index in [2.05, 4.69) is 5.32 Å². The second-order valence-corrected chi connectivity index (χ2v) is 4.55. The van der Waals surface area contributed by atoms with Gasteiger partial charge in [-0.15, -0.1) is 0 Å². The van der Waals surface area contributed by atoms with Gasteiger partial charge in [0.15, 0.2) is 6.10 Å². The number of carbonyl (C=O) groups excluding carboxylic acids is 1. The Morgan fingerprint density at radius 1 is 1.05 bits per heavy atom. The lowest BCUT2D eigenvalue weighted by atomic mass is 10.1. The largest absolute Gasteiger partial charge is 0.378 e. The van der Waals surface area contributed by atoms with Gasteiger partial charge >= 0.3 is 0 Å². The van der Waals surface area contributed by atoms with Gasteiger partial charge in [0.2, 0.25) is 0 Å². The number of hydrogen-bond acceptors (Lipinski definition) is 3. The van der Waals surface area contributed by atoms with Crippen molar-refractivity contribution in [2.75, 3.05) is 0 Å². The normalized spacial score (nSPS) is 11.9. The second kappa shape index (κ2) is 6.84. The third-order valence-electron chi connectivity index (χ3n) is 3.09. The Morgan fingerprint density at radius 3 is 2.25 bits per heavy atom. The number of amides is 1. The maximum atomic E-state index is 11.9. The molecule has 0 saturated carbocycles. The monoisotopic (exact) mass is 270 g/mol. The molecular formula is C16H18N2O2. The third kappa shape index (κ3) is 3.66. The Kier molecular flexibility index (Phi) is 4.87. The number of nitrogens with one attached hydrogen (secondary N) is 1. The van der Waals surface area contributed by atoms with Crippen molar-refractivity contribution in [2.45, 2.75) is 19.2 Å². The lowest BCUT2D eigenvalue weighted by molar-refractivity contribution is -0.129. The fourth-order valence-corrected chi connectivity index (χ4v) is 1.87. The van der Waals surface area contributed by atoms with Gasteiger partial charge in [0.05, 0.1) is 0 Å². The summed E-state index contributed by atoms with van der Waals surface area (Å²) in [7, 11) is 0. The summed E-state index contributed by atoms with van der Waals surface area (Å²) < 4.78 is 0. The standard InChI is InChI=1S/C16H18N2O2/c17-10-12-6-8-13(9-7-12)11-18-16(20)15(19)14-4-2-1-3-5-14/h1-9,15,19H,10-11,17H2,(H,18,20). The van der Waals surface area contributed by atoms with Crippen LogP contribution < -0.4 is 11.1 Å². The summed E-state index contributed by atoms with van der Waals surface area (Å²) in [4.78, 5) is 11.9. The van der Waals surface area contributed by atoms with E-state index < -0.39 is 12.0 Å². The van der Waals surface area contributed by atoms with Crippen LogP contribution in [0.2, 0.25) is 0 Å². The van der Waals surface area contributed by atoms with Crippen LogP contribution in [0, 0.1) is 0 Å². The molecule has 4 N–H and O–H groups in total. The van der Waals surface area contributed by atoms with Gasteiger partial charge in [-0.2, -0.15) is 0 Å². The summed E-state index contributed by atoms with van der Waals surface area (Å²) in [5.74, 6) is -0.404. The van der Waals surface area contributed by atoms with Gasteiger partial charge in [-0.05, 0) is 16.7 Å². The summed E-state index contributed by atoms with van der Waals surface area (Å²) >= 11 is 0. The fourth-order valence-electron chi connectivity index (χ4n) is 1.87. The Hall–Kier alpha value is -2.17. The number of carbonyl (C=O) groups is 1. The molecule has 0 aliphatic heterocycles. The van der Waals surface area contributed by atoms with Gasteiger partial charge in [-0.3, -0.25) is 4.79 Å². The topological polar surface area (TPSA) is 75.3 Å². The number of aliphatic hydroxyl groups is 1. The van der Waals surface area contributed by atoms with Gasteiger partial charge in [0.25, 0.3) is 5.91 Å². The van der Waals surface area contributed by atoms with E-state index in [-0.39, 0.29) is 0 Å². The van der Waals surface area contributed by atoms with E-state index in [0.29, 0.717) is 18.7 Å². The van der Waals surface area contributed by atoms with Crippen molar-refractivity contribution < 1.29 is 9.90 Å². The van der Waals surface area contributed by atoms with Crippen molar-refractivity contribution in [3.05, 3.63) is 71.3 Å². The lowest BCUT2D eigenvalue weighted by Crippen LogP contribution is -2.28. The first-order valence-corrected chi connectivity index (χ1v) is 6.49. The van der Waals surface area contributed by atoms with Crippen LogP contribution in [0.3, 0.4) is 0 Å². The summed E-state index contributed by atoms with van der Waals surface area (Å²) in [6.45, 7) is 0.882. The van der Waals surface area contributed by atoms with Gasteiger partial charge in [-0.1, -0.05) is 54.6 Å². The van der Waals surface area contributed by atoms with Gasteiger partial charge in [-0.25, -0.2) is 0 Å². The molecule has 20 heavy (non-hydrogen) atoms. The molecule has 104 valence electrons. The quantitative estimate of drug-likeness (QED) is 0.770. The first-order valence-electron chi connectivity index (χ1n) is 6.49. The van der Waals surface area contributed by atoms with Crippen LogP contribution in [0.5, 0.6) is 0 Å². The molecule has 0 fully saturated rings. The Labute approximate surface area is 118 Å². The highest BCUT2D eigenvalue weighted by Crippen LogP contribution is 2.12. The maximum Gasteiger partial charge on any atom is 0.253 e. The molecule has 0 spiro atoms. The molecule has 0 aromatic heterocycles. The molecule has 0 radical (unpaired) electrons. The number of benzene rings is 2. The van der Waals surface area contributed by atoms with E-state index >= 15 is 0 Å². The van der Waals surface area contributed by atoms with Gasteiger partial charge < -0.3 is 16.2 Å². The molecule has 4 heteroatoms. The fraction of sp³-hybridized carbons (Fsp3) is 0.188. The van der Waals surface area contributed by atoms with Crippen LogP contribution in [0.25, 0.3) is 0 Å². The van der Waals surface area contributed by atoms with Crippen molar-refractivity contribution in [2.24, 2.45) is 5.73 Å². The zero-order chi connectivity index (χ0) is 14.4. The summed E-state index contributed by atoms with van der Waals surface area (Å²) in [6, 6.07) is 16.5. The molecule has 0 aliphatic rings. The Balaban J connectivity index is 1.91. The molecule has 0 heterocycles. The second-order valence-electron chi connectivity index (χ2n) is 4.55. The van der Waals surface area contributed by atoms with Crippen LogP contribution in [0.4, 0.5) is 0 Å². The highest BCUT2D eigenvalue weighted by Gasteiger charge is 2.16. The highest BCUT2D eigenvalue weighted by atomic mass is 16.3. The summed E-state index contributed by atoms with van der Waals surface area (Å²) in [6.07, 6.45) is -1.14. The number of rotatable bonds is 5. The lowest BCUT2D eigenvalue weighted by Gasteiger charge is -2.11. The minimum atomic E-state index is -1.14. The number of hydrogen-bond donors (Lipinski definition) is 3. The summed E-state index contributed by atoms with van der Waals surface area (Å²) in [5.41, 5.74) is 8.12. The molecule has 0 aliphatic carbocycles. The first kappa shape index (κ1) is 14.2. The van der Waals surface area contributed by atoms with E-state index in [0.717, 1.165) is 11.1 Å². The van der Waals surface area contributed by atoms with Crippen molar-refractivity contribution in [1.82, 2.24) is 5.32 Å². The molecule has 1 unspecified atom stereocenters. The maximum absolute atomic E-state index is 11.9. The van der Waals surface area contributed by atoms with Crippen LogP contribution in [-0.2, 0) is 17.9 Å². The molecule has 2 aromatic carbocycles. The van der Waals surface area contributed by atoms with Crippen LogP contribution in [0.1, 0.15) is 22.8 Å². The molecule has 2 rings (SSSR count). The SMILES string of the molecule is NCc1ccc(CNC(=O)C(O)c2ccccc2)cc1. The van der Waals surface area contributed by atoms with Gasteiger partial charge in [0.1, 0.15) is 0 Å². The minimum absolute atomic E-state index is 0.383. The van der Waals surface area contributed by atoms with Crippen molar-refractivity contribution in [3.63, 3.8) is 0 Å². The highest BCUT2D eigenvalue weighted by molar-refractivity contribution is 5.81. The smallest absolute Gasteiger partial charge is 0.253 e. The average molecular weight is 270 g/mol. The summed E-state index contributed by atoms with van der Waals surface area (Å²) in [5, 5.41) is 12.6. The molecule has 0 bridgehead atoms. The Bertz CT molecular complexity index is 552. The zero-order valence-electron chi connectivity index (χ0n) is 11.1. The van der Waals surface area contributed by atoms with Crippen molar-refractivity contribution >= 4 is 5.91 Å². The molecular weight excluding hydrogens is 252 g/mol. The van der Waals surface area contributed by atoms with Crippen LogP contribution in [-0.4, -0.2) is 11.0 Å². The molecule has 1 amide bonds. The van der Waals surface area contributed by atoms with Gasteiger partial charge in [0, 0.05) is 13.1 Å². The van der Waals surface area contributed by atoms with Crippen molar-refractivity contribution in [3.8, 4) is 0 Å². The molecule has 0 saturated heterocycles. The molecule has 4 nitrogen and oxygen atoms in total. The minimum Gasteiger partial charge on any atom is -0.378 e. The van der Waals surface area contributed by atoms with E-state index in [1.54, 1.807) is 24.3 Å². The predicted molar refractivity (Wildman–Crippen MR) is 77.6 cm³/mol. The van der Waals surface area contributed by atoms with Crippen molar-refractivity contribution in [1.29, 1.82) is 0 Å². The average Bonchev–Trinajstić information content (AvgIpc) is 2.53. The number of aliphatic hydroxyl groups excluding tert-OH is 1. The van der Waals surface area contributed by atoms with E-state index in [1.165, 1.54) is 0 Å². The molecule has 2 aromatic rings. The van der Waals surface area contributed by atoms with E-state index in [9.17, 15) is 9.90 Å². The zero-order valence-corrected chi connectivity index (χ0v) is 11.1. The molecule has 1 atom stereocenters. The van der Waals surface area contributed by atoms with E-state index in [4.69, 9.17) is 5.73 Å². The number of nitrogens with two attached hydrogens (primary N) is 1.